The Balaban J connectivity index is 1.85. The van der Waals surface area contributed by atoms with Crippen LogP contribution in [0, 0.1) is 0 Å². The summed E-state index contributed by atoms with van der Waals surface area (Å²) < 4.78 is 7.00. The molecule has 1 amide bonds. The monoisotopic (exact) mass is 493 g/mol. The molecule has 0 spiro atoms. The predicted molar refractivity (Wildman–Crippen MR) is 114 cm³/mol. The lowest BCUT2D eigenvalue weighted by Crippen LogP contribution is -2.34. The second kappa shape index (κ2) is 8.11. The number of carbonyl (C=O) groups excluding carboxylic acids is 1. The van der Waals surface area contributed by atoms with Crippen molar-refractivity contribution in [2.45, 2.75) is 0 Å². The average molecular weight is 495 g/mol. The number of aromatic nitrogens is 1. The largest absolute Gasteiger partial charge is 0.495 e. The van der Waals surface area contributed by atoms with Crippen molar-refractivity contribution >= 4 is 71.7 Å². The maximum atomic E-state index is 12.7. The number of nitrogens with one attached hydrogen (secondary N) is 2. The van der Waals surface area contributed by atoms with E-state index in [1.165, 1.54) is 7.11 Å². The second-order valence-corrected chi connectivity index (χ2v) is 7.38. The van der Waals surface area contributed by atoms with Crippen LogP contribution in [0.4, 0.5) is 5.82 Å². The fourth-order valence-electron chi connectivity index (χ4n) is 2.42. The van der Waals surface area contributed by atoms with Crippen molar-refractivity contribution in [2.75, 3.05) is 12.4 Å². The fraction of sp³-hybridized carbons (Fsp3) is 0.0556. The smallest absolute Gasteiger partial charge is 0.261 e. The number of amides is 1. The van der Waals surface area contributed by atoms with Crippen LogP contribution < -0.4 is 15.4 Å². The van der Waals surface area contributed by atoms with Crippen LogP contribution in [0.25, 0.3) is 10.8 Å². The van der Waals surface area contributed by atoms with Crippen LogP contribution in [-0.2, 0) is 0 Å². The topological polar surface area (TPSA) is 63.2 Å². The first-order chi connectivity index (χ1) is 12.5. The van der Waals surface area contributed by atoms with Crippen molar-refractivity contribution in [1.29, 1.82) is 0 Å². The second-order valence-electron chi connectivity index (χ2n) is 5.26. The van der Waals surface area contributed by atoms with Gasteiger partial charge in [0.05, 0.1) is 17.1 Å². The summed E-state index contributed by atoms with van der Waals surface area (Å²) >= 11 is 12.0. The van der Waals surface area contributed by atoms with Gasteiger partial charge in [0.1, 0.15) is 11.6 Å². The van der Waals surface area contributed by atoms with Crippen LogP contribution in [0.15, 0.2) is 57.6 Å². The molecule has 0 aliphatic rings. The van der Waals surface area contributed by atoms with E-state index in [1.807, 2.05) is 30.3 Å². The number of carbonyl (C=O) groups is 1. The number of hydrogen-bond donors (Lipinski definition) is 2. The van der Waals surface area contributed by atoms with Gasteiger partial charge in [0.2, 0.25) is 0 Å². The number of rotatable bonds is 3. The first-order valence-electron chi connectivity index (χ1n) is 7.48. The van der Waals surface area contributed by atoms with E-state index >= 15 is 0 Å². The molecule has 0 atom stereocenters. The summed E-state index contributed by atoms with van der Waals surface area (Å²) in [5.74, 6) is 0.610. The minimum Gasteiger partial charge on any atom is -0.495 e. The summed E-state index contributed by atoms with van der Waals surface area (Å²) in [5, 5.41) is 7.55. The van der Waals surface area contributed by atoms with Gasteiger partial charge in [-0.25, -0.2) is 4.98 Å². The summed E-state index contributed by atoms with van der Waals surface area (Å²) in [6.45, 7) is 0. The third-order valence-electron chi connectivity index (χ3n) is 3.59. The van der Waals surface area contributed by atoms with E-state index < -0.39 is 0 Å². The van der Waals surface area contributed by atoms with Crippen LogP contribution in [0.3, 0.4) is 0 Å². The van der Waals surface area contributed by atoms with Crippen molar-refractivity contribution < 1.29 is 9.53 Å². The van der Waals surface area contributed by atoms with Gasteiger partial charge in [0.15, 0.2) is 5.11 Å². The molecule has 132 valence electrons. The molecule has 26 heavy (non-hydrogen) atoms. The van der Waals surface area contributed by atoms with Gasteiger partial charge in [0.25, 0.3) is 5.91 Å². The zero-order valence-electron chi connectivity index (χ0n) is 13.5. The highest BCUT2D eigenvalue weighted by Crippen LogP contribution is 2.36. The van der Waals surface area contributed by atoms with Crippen LogP contribution >= 0.6 is 44.1 Å². The van der Waals surface area contributed by atoms with E-state index in [2.05, 4.69) is 47.5 Å². The molecule has 2 N–H and O–H groups in total. The van der Waals surface area contributed by atoms with Crippen molar-refractivity contribution in [3.63, 3.8) is 0 Å². The van der Waals surface area contributed by atoms with E-state index in [9.17, 15) is 4.79 Å². The lowest BCUT2D eigenvalue weighted by molar-refractivity contribution is 0.0975. The number of benzene rings is 2. The zero-order valence-corrected chi connectivity index (χ0v) is 17.5. The van der Waals surface area contributed by atoms with Gasteiger partial charge in [-0.15, -0.1) is 0 Å². The number of thiocarbonyl (C=S) groups is 1. The van der Waals surface area contributed by atoms with Gasteiger partial charge in [-0.3, -0.25) is 10.1 Å². The van der Waals surface area contributed by atoms with E-state index in [-0.39, 0.29) is 11.0 Å². The quantitative estimate of drug-likeness (QED) is 0.507. The molecule has 0 bridgehead atoms. The number of halogens is 2. The first-order valence-corrected chi connectivity index (χ1v) is 9.48. The molecular formula is C18H13Br2N3O2S. The third kappa shape index (κ3) is 4.03. The minimum absolute atomic E-state index is 0.149. The Labute approximate surface area is 172 Å². The van der Waals surface area contributed by atoms with Gasteiger partial charge >= 0.3 is 0 Å². The van der Waals surface area contributed by atoms with Gasteiger partial charge in [0, 0.05) is 10.7 Å². The lowest BCUT2D eigenvalue weighted by atomic mass is 10.1. The lowest BCUT2D eigenvalue weighted by Gasteiger charge is -2.14. The number of nitrogens with zero attached hydrogens (tertiary/aromatic N) is 1. The van der Waals surface area contributed by atoms with E-state index in [0.29, 0.717) is 17.1 Å². The molecule has 0 fully saturated rings. The molecule has 0 radical (unpaired) electrons. The number of methoxy groups -OCH3 is 1. The maximum absolute atomic E-state index is 12.7. The molecule has 5 nitrogen and oxygen atoms in total. The fourth-order valence-corrected chi connectivity index (χ4v) is 3.59. The van der Waals surface area contributed by atoms with Gasteiger partial charge < -0.3 is 10.1 Å². The molecule has 0 aliphatic heterocycles. The highest BCUT2D eigenvalue weighted by atomic mass is 79.9. The van der Waals surface area contributed by atoms with Crippen molar-refractivity contribution in [1.82, 2.24) is 10.3 Å². The molecule has 0 aliphatic carbocycles. The standard InChI is InChI=1S/C18H13Br2N3O2S/c1-25-16-13(8-10-4-2-3-5-12(10)15(16)20)17(24)23-18(26)22-14-7-6-11(19)9-21-14/h2-9H,1H3,(H2,21,22,23,24,26). The SMILES string of the molecule is COc1c(C(=O)NC(=S)Nc2ccc(Br)cn2)cc2ccccc2c1Br. The molecule has 3 rings (SSSR count). The molecule has 3 aromatic rings. The summed E-state index contributed by atoms with van der Waals surface area (Å²) in [7, 11) is 1.52. The molecule has 0 saturated carbocycles. The van der Waals surface area contributed by atoms with Crippen molar-refractivity contribution in [2.24, 2.45) is 0 Å². The van der Waals surface area contributed by atoms with E-state index in [1.54, 1.807) is 18.3 Å². The minimum atomic E-state index is -0.372. The number of anilines is 1. The Kier molecular flexibility index (Phi) is 5.85. The van der Waals surface area contributed by atoms with Gasteiger partial charge in [-0.2, -0.15) is 0 Å². The molecule has 2 aromatic carbocycles. The Morgan fingerprint density at radius 3 is 2.65 bits per heavy atom. The van der Waals surface area contributed by atoms with Gasteiger partial charge in [-0.1, -0.05) is 24.3 Å². The third-order valence-corrected chi connectivity index (χ3v) is 5.05. The average Bonchev–Trinajstić information content (AvgIpc) is 2.63. The molecular weight excluding hydrogens is 482 g/mol. The molecule has 8 heteroatoms. The Morgan fingerprint density at radius 1 is 1.19 bits per heavy atom. The number of fused-ring (bicyclic) bond motifs is 1. The van der Waals surface area contributed by atoms with Gasteiger partial charge in [-0.05, 0) is 73.0 Å². The molecule has 1 aromatic heterocycles. The van der Waals surface area contributed by atoms with Crippen LogP contribution in [0.1, 0.15) is 10.4 Å². The van der Waals surface area contributed by atoms with E-state index in [4.69, 9.17) is 17.0 Å². The van der Waals surface area contributed by atoms with Crippen molar-refractivity contribution in [3.05, 3.63) is 63.2 Å². The predicted octanol–water partition coefficient (Wildman–Crippen LogP) is 4.90. The highest BCUT2D eigenvalue weighted by Gasteiger charge is 2.19. The Morgan fingerprint density at radius 2 is 1.96 bits per heavy atom. The van der Waals surface area contributed by atoms with Crippen LogP contribution in [0.5, 0.6) is 5.75 Å². The summed E-state index contributed by atoms with van der Waals surface area (Å²) in [5.41, 5.74) is 0.381. The van der Waals surface area contributed by atoms with Crippen molar-refractivity contribution in [3.8, 4) is 5.75 Å². The van der Waals surface area contributed by atoms with E-state index in [0.717, 1.165) is 19.7 Å². The molecule has 0 unspecified atom stereocenters. The Hall–Kier alpha value is -2.03. The Bertz CT molecular complexity index is 994. The molecule has 1 heterocycles. The summed E-state index contributed by atoms with van der Waals surface area (Å²) in [6.07, 6.45) is 1.64. The maximum Gasteiger partial charge on any atom is 0.261 e. The number of hydrogen-bond acceptors (Lipinski definition) is 4. The number of pyridine rings is 1. The summed E-state index contributed by atoms with van der Waals surface area (Å²) in [6, 6.07) is 13.1. The normalized spacial score (nSPS) is 10.4. The molecule has 0 saturated heterocycles. The number of ether oxygens (including phenoxy) is 1. The summed E-state index contributed by atoms with van der Waals surface area (Å²) in [4.78, 5) is 16.9. The van der Waals surface area contributed by atoms with Crippen LogP contribution in [0.2, 0.25) is 0 Å². The first kappa shape index (κ1) is 18.8. The van der Waals surface area contributed by atoms with Crippen LogP contribution in [-0.4, -0.2) is 23.1 Å². The zero-order chi connectivity index (χ0) is 18.7. The highest BCUT2D eigenvalue weighted by molar-refractivity contribution is 9.11.